The first-order valence-electron chi connectivity index (χ1n) is 7.94. The largest absolute Gasteiger partial charge is 0.371 e. The van der Waals surface area contributed by atoms with Crippen molar-refractivity contribution in [2.75, 3.05) is 24.5 Å². The molecule has 0 saturated heterocycles. The molecule has 1 heterocycles. The van der Waals surface area contributed by atoms with Crippen LogP contribution in [0.1, 0.15) is 32.3 Å². The molecule has 0 saturated carbocycles. The van der Waals surface area contributed by atoms with Crippen LogP contribution in [0.3, 0.4) is 0 Å². The molecule has 4 heteroatoms. The number of hydrogen-bond acceptors (Lipinski definition) is 3. The smallest absolute Gasteiger partial charge is 0.236 e. The lowest BCUT2D eigenvalue weighted by Gasteiger charge is -2.20. The number of nitrogens with two attached hydrogens (primary N) is 1. The van der Waals surface area contributed by atoms with Crippen molar-refractivity contribution in [1.29, 1.82) is 0 Å². The van der Waals surface area contributed by atoms with E-state index in [1.807, 2.05) is 0 Å². The van der Waals surface area contributed by atoms with Gasteiger partial charge in [0.15, 0.2) is 0 Å². The maximum absolute atomic E-state index is 11.8. The Hall–Kier alpha value is -1.55. The summed E-state index contributed by atoms with van der Waals surface area (Å²) in [5, 5.41) is 2.95. The van der Waals surface area contributed by atoms with E-state index in [1.165, 1.54) is 11.3 Å². The van der Waals surface area contributed by atoms with Gasteiger partial charge in [-0.05, 0) is 36.8 Å². The monoisotopic (exact) mass is 289 g/mol. The van der Waals surface area contributed by atoms with Crippen LogP contribution in [0.15, 0.2) is 24.3 Å². The lowest BCUT2D eigenvalue weighted by molar-refractivity contribution is -0.122. The van der Waals surface area contributed by atoms with Gasteiger partial charge in [0.05, 0.1) is 6.04 Å². The zero-order chi connectivity index (χ0) is 15.2. The van der Waals surface area contributed by atoms with Crippen LogP contribution in [0.2, 0.25) is 0 Å². The van der Waals surface area contributed by atoms with Gasteiger partial charge in [-0.25, -0.2) is 0 Å². The molecule has 4 nitrogen and oxygen atoms in total. The molecule has 2 rings (SSSR count). The predicted molar refractivity (Wildman–Crippen MR) is 87.4 cm³/mol. The molecule has 0 fully saturated rings. The highest BCUT2D eigenvalue weighted by Gasteiger charge is 2.18. The summed E-state index contributed by atoms with van der Waals surface area (Å²) in [7, 11) is 0. The van der Waals surface area contributed by atoms with E-state index in [4.69, 9.17) is 5.73 Å². The van der Waals surface area contributed by atoms with E-state index in [0.717, 1.165) is 32.4 Å². The SMILES string of the molecule is CC(C)C[C@@H](N)C(=O)NCCCN1CCc2ccccc21. The van der Waals surface area contributed by atoms with E-state index >= 15 is 0 Å². The summed E-state index contributed by atoms with van der Waals surface area (Å²) in [4.78, 5) is 14.2. The van der Waals surface area contributed by atoms with Gasteiger partial charge in [0.2, 0.25) is 5.91 Å². The molecule has 1 amide bonds. The molecule has 0 spiro atoms. The second kappa shape index (κ2) is 7.46. The summed E-state index contributed by atoms with van der Waals surface area (Å²) in [5.74, 6) is 0.428. The highest BCUT2D eigenvalue weighted by molar-refractivity contribution is 5.81. The summed E-state index contributed by atoms with van der Waals surface area (Å²) in [5.41, 5.74) is 8.64. The van der Waals surface area contributed by atoms with Gasteiger partial charge in [0.1, 0.15) is 0 Å². The van der Waals surface area contributed by atoms with Crippen LogP contribution in [-0.2, 0) is 11.2 Å². The molecule has 0 aromatic heterocycles. The summed E-state index contributed by atoms with van der Waals surface area (Å²) >= 11 is 0. The normalized spacial score (nSPS) is 15.1. The van der Waals surface area contributed by atoms with Crippen LogP contribution < -0.4 is 16.0 Å². The van der Waals surface area contributed by atoms with Gasteiger partial charge in [0.25, 0.3) is 0 Å². The number of nitrogens with one attached hydrogen (secondary N) is 1. The minimum atomic E-state index is -0.377. The van der Waals surface area contributed by atoms with Crippen molar-refractivity contribution < 1.29 is 4.79 Å². The van der Waals surface area contributed by atoms with Gasteiger partial charge in [-0.1, -0.05) is 32.0 Å². The molecular weight excluding hydrogens is 262 g/mol. The Labute approximate surface area is 127 Å². The first kappa shape index (κ1) is 15.8. The highest BCUT2D eigenvalue weighted by atomic mass is 16.2. The van der Waals surface area contributed by atoms with E-state index in [0.29, 0.717) is 12.5 Å². The molecule has 1 aromatic rings. The number of carbonyl (C=O) groups is 1. The van der Waals surface area contributed by atoms with Crippen LogP contribution in [0.25, 0.3) is 0 Å². The van der Waals surface area contributed by atoms with Gasteiger partial charge >= 0.3 is 0 Å². The van der Waals surface area contributed by atoms with Crippen LogP contribution in [0.5, 0.6) is 0 Å². The Bertz CT molecular complexity index is 473. The third kappa shape index (κ3) is 4.46. The van der Waals surface area contributed by atoms with Crippen molar-refractivity contribution in [2.45, 2.75) is 39.2 Å². The average molecular weight is 289 g/mol. The van der Waals surface area contributed by atoms with Crippen LogP contribution in [0.4, 0.5) is 5.69 Å². The van der Waals surface area contributed by atoms with Crippen molar-refractivity contribution in [3.8, 4) is 0 Å². The third-order valence-corrected chi connectivity index (χ3v) is 3.95. The second-order valence-corrected chi connectivity index (χ2v) is 6.25. The molecule has 1 aromatic carbocycles. The minimum Gasteiger partial charge on any atom is -0.371 e. The lowest BCUT2D eigenvalue weighted by Crippen LogP contribution is -2.42. The van der Waals surface area contributed by atoms with E-state index in [2.05, 4.69) is 48.3 Å². The third-order valence-electron chi connectivity index (χ3n) is 3.95. The molecule has 0 unspecified atom stereocenters. The Morgan fingerprint density at radius 2 is 2.14 bits per heavy atom. The predicted octanol–water partition coefficient (Wildman–Crippen LogP) is 1.93. The van der Waals surface area contributed by atoms with Crippen molar-refractivity contribution in [1.82, 2.24) is 5.32 Å². The van der Waals surface area contributed by atoms with Crippen molar-refractivity contribution >= 4 is 11.6 Å². The quantitative estimate of drug-likeness (QED) is 0.754. The minimum absolute atomic E-state index is 0.0227. The number of para-hydroxylation sites is 1. The number of benzene rings is 1. The van der Waals surface area contributed by atoms with Crippen LogP contribution in [0, 0.1) is 5.92 Å². The number of rotatable bonds is 7. The fraction of sp³-hybridized carbons (Fsp3) is 0.588. The topological polar surface area (TPSA) is 58.4 Å². The van der Waals surface area contributed by atoms with Crippen LogP contribution >= 0.6 is 0 Å². The maximum Gasteiger partial charge on any atom is 0.236 e. The summed E-state index contributed by atoms with van der Waals surface area (Å²) in [6.45, 7) is 6.93. The Morgan fingerprint density at radius 1 is 1.38 bits per heavy atom. The summed E-state index contributed by atoms with van der Waals surface area (Å²) < 4.78 is 0. The molecule has 1 aliphatic heterocycles. The molecule has 3 N–H and O–H groups in total. The molecule has 0 aliphatic carbocycles. The molecule has 1 aliphatic rings. The lowest BCUT2D eigenvalue weighted by atomic mass is 10.0. The van der Waals surface area contributed by atoms with E-state index < -0.39 is 0 Å². The van der Waals surface area contributed by atoms with E-state index in [9.17, 15) is 4.79 Å². The Kier molecular flexibility index (Phi) is 5.62. The highest BCUT2D eigenvalue weighted by Crippen LogP contribution is 2.27. The van der Waals surface area contributed by atoms with E-state index in [-0.39, 0.29) is 11.9 Å². The van der Waals surface area contributed by atoms with Gasteiger partial charge < -0.3 is 16.0 Å². The first-order chi connectivity index (χ1) is 10.1. The average Bonchev–Trinajstić information content (AvgIpc) is 2.86. The fourth-order valence-corrected chi connectivity index (χ4v) is 2.87. The molecule has 21 heavy (non-hydrogen) atoms. The molecule has 116 valence electrons. The number of amides is 1. The zero-order valence-electron chi connectivity index (χ0n) is 13.1. The Morgan fingerprint density at radius 3 is 2.90 bits per heavy atom. The van der Waals surface area contributed by atoms with Gasteiger partial charge in [-0.15, -0.1) is 0 Å². The van der Waals surface area contributed by atoms with Crippen LogP contribution in [-0.4, -0.2) is 31.6 Å². The zero-order valence-corrected chi connectivity index (χ0v) is 13.1. The number of anilines is 1. The second-order valence-electron chi connectivity index (χ2n) is 6.25. The molecular formula is C17H27N3O. The summed E-state index contributed by atoms with van der Waals surface area (Å²) in [6.07, 6.45) is 2.82. The maximum atomic E-state index is 11.8. The number of fused-ring (bicyclic) bond motifs is 1. The fourth-order valence-electron chi connectivity index (χ4n) is 2.87. The number of hydrogen-bond donors (Lipinski definition) is 2. The number of carbonyl (C=O) groups excluding carboxylic acids is 1. The summed E-state index contributed by atoms with van der Waals surface area (Å²) in [6, 6.07) is 8.18. The van der Waals surface area contributed by atoms with Crippen molar-refractivity contribution in [3.05, 3.63) is 29.8 Å². The van der Waals surface area contributed by atoms with Gasteiger partial charge in [-0.3, -0.25) is 4.79 Å². The van der Waals surface area contributed by atoms with Gasteiger partial charge in [-0.2, -0.15) is 0 Å². The molecule has 1 atom stereocenters. The molecule has 0 radical (unpaired) electrons. The standard InChI is InChI=1S/C17H27N3O/c1-13(2)12-15(18)17(21)19-9-5-10-20-11-8-14-6-3-4-7-16(14)20/h3-4,6-7,13,15H,5,8-12,18H2,1-2H3,(H,19,21)/t15-/m1/s1. The molecule has 0 bridgehead atoms. The first-order valence-corrected chi connectivity index (χ1v) is 7.94. The van der Waals surface area contributed by atoms with Crippen molar-refractivity contribution in [2.24, 2.45) is 11.7 Å². The number of nitrogens with zero attached hydrogens (tertiary/aromatic N) is 1. The van der Waals surface area contributed by atoms with Gasteiger partial charge in [0, 0.05) is 25.3 Å². The van der Waals surface area contributed by atoms with Crippen molar-refractivity contribution in [3.63, 3.8) is 0 Å². The Balaban J connectivity index is 1.68. The van der Waals surface area contributed by atoms with E-state index in [1.54, 1.807) is 0 Å².